The summed E-state index contributed by atoms with van der Waals surface area (Å²) in [5.41, 5.74) is 5.29. The van der Waals surface area contributed by atoms with E-state index in [0.29, 0.717) is 42.9 Å². The van der Waals surface area contributed by atoms with Crippen LogP contribution in [0.4, 0.5) is 0 Å². The summed E-state index contributed by atoms with van der Waals surface area (Å²) in [5.74, 6) is -1.94. The molecule has 2 heterocycles. The van der Waals surface area contributed by atoms with E-state index in [4.69, 9.17) is 15.6 Å². The van der Waals surface area contributed by atoms with Gasteiger partial charge in [-0.05, 0) is 32.6 Å². The second kappa shape index (κ2) is 6.20. The van der Waals surface area contributed by atoms with Gasteiger partial charge in [0.25, 0.3) is 0 Å². The van der Waals surface area contributed by atoms with Crippen molar-refractivity contribution in [1.82, 2.24) is 4.90 Å². The van der Waals surface area contributed by atoms with Crippen molar-refractivity contribution >= 4 is 17.8 Å². The molecule has 3 aliphatic rings. The van der Waals surface area contributed by atoms with E-state index in [1.165, 1.54) is 0 Å². The number of carbonyl (C=O) groups is 3. The third-order valence-electron chi connectivity index (χ3n) is 5.84. The zero-order chi connectivity index (χ0) is 17.5. The van der Waals surface area contributed by atoms with Crippen molar-refractivity contribution in [3.8, 4) is 0 Å². The van der Waals surface area contributed by atoms with Crippen LogP contribution in [0.1, 0.15) is 45.4 Å². The van der Waals surface area contributed by atoms with Crippen LogP contribution in [-0.2, 0) is 19.1 Å². The third-order valence-corrected chi connectivity index (χ3v) is 5.84. The Labute approximate surface area is 140 Å². The Morgan fingerprint density at radius 2 is 1.79 bits per heavy atom. The molecule has 2 fully saturated rings. The molecule has 0 atom stereocenters. The fourth-order valence-corrected chi connectivity index (χ4v) is 4.45. The first kappa shape index (κ1) is 17.0. The first-order chi connectivity index (χ1) is 11.3. The first-order valence-electron chi connectivity index (χ1n) is 8.55. The maximum absolute atomic E-state index is 11.9. The van der Waals surface area contributed by atoms with Crippen molar-refractivity contribution in [2.24, 2.45) is 11.7 Å². The number of likely N-dealkylation sites (tertiary alicyclic amines) is 1. The van der Waals surface area contributed by atoms with E-state index >= 15 is 0 Å². The molecule has 1 aliphatic carbocycles. The number of carboxylic acid groups (broad SMARTS) is 1. The van der Waals surface area contributed by atoms with Crippen molar-refractivity contribution in [2.45, 2.75) is 57.1 Å². The summed E-state index contributed by atoms with van der Waals surface area (Å²) in [5, 5.41) is 9.09. The molecule has 0 bridgehead atoms. The molecule has 1 amide bonds. The molecule has 2 aliphatic heterocycles. The lowest BCUT2D eigenvalue weighted by atomic mass is 9.80. The highest BCUT2D eigenvalue weighted by atomic mass is 16.6. The summed E-state index contributed by atoms with van der Waals surface area (Å²) in [7, 11) is 0. The molecule has 7 heteroatoms. The molecule has 0 unspecified atom stereocenters. The zero-order valence-electron chi connectivity index (χ0n) is 13.9. The third kappa shape index (κ3) is 2.81. The lowest BCUT2D eigenvalue weighted by Gasteiger charge is -2.43. The number of amides is 1. The Morgan fingerprint density at radius 1 is 1.21 bits per heavy atom. The van der Waals surface area contributed by atoms with Gasteiger partial charge in [-0.25, -0.2) is 4.79 Å². The summed E-state index contributed by atoms with van der Waals surface area (Å²) in [6.07, 6.45) is 4.30. The number of carbonyl (C=O) groups excluding carboxylic acids is 2. The normalized spacial score (nSPS) is 30.5. The lowest BCUT2D eigenvalue weighted by Crippen LogP contribution is -2.51. The molecule has 3 N–H and O–H groups in total. The SMILES string of the molecule is CC1=C(C(N)=O)C2(CCN(C3CCC(C(=O)O)CC3)CC2)OC1=O. The van der Waals surface area contributed by atoms with E-state index in [1.807, 2.05) is 0 Å². The predicted molar refractivity (Wildman–Crippen MR) is 84.9 cm³/mol. The van der Waals surface area contributed by atoms with E-state index < -0.39 is 23.4 Å². The summed E-state index contributed by atoms with van der Waals surface area (Å²) < 4.78 is 5.54. The van der Waals surface area contributed by atoms with E-state index in [9.17, 15) is 14.4 Å². The first-order valence-corrected chi connectivity index (χ1v) is 8.55. The molecule has 1 saturated carbocycles. The van der Waals surface area contributed by atoms with Crippen LogP contribution in [0.25, 0.3) is 0 Å². The molecule has 0 aromatic carbocycles. The number of esters is 1. The van der Waals surface area contributed by atoms with Gasteiger partial charge in [0.1, 0.15) is 5.60 Å². The lowest BCUT2D eigenvalue weighted by molar-refractivity contribution is -0.151. The van der Waals surface area contributed by atoms with Crippen LogP contribution in [0.3, 0.4) is 0 Å². The van der Waals surface area contributed by atoms with E-state index in [1.54, 1.807) is 6.92 Å². The van der Waals surface area contributed by atoms with Gasteiger partial charge in [-0.2, -0.15) is 0 Å². The number of nitrogens with two attached hydrogens (primary N) is 1. The molecule has 132 valence electrons. The highest BCUT2D eigenvalue weighted by molar-refractivity contribution is 6.06. The van der Waals surface area contributed by atoms with Gasteiger partial charge in [0.2, 0.25) is 5.91 Å². The fourth-order valence-electron chi connectivity index (χ4n) is 4.45. The number of hydrogen-bond acceptors (Lipinski definition) is 5. The highest BCUT2D eigenvalue weighted by Gasteiger charge is 2.50. The van der Waals surface area contributed by atoms with Crippen molar-refractivity contribution in [2.75, 3.05) is 13.1 Å². The van der Waals surface area contributed by atoms with Gasteiger partial charge in [-0.15, -0.1) is 0 Å². The van der Waals surface area contributed by atoms with Crippen LogP contribution in [0.15, 0.2) is 11.1 Å². The minimum atomic E-state index is -0.859. The number of ether oxygens (including phenoxy) is 1. The summed E-state index contributed by atoms with van der Waals surface area (Å²) in [6.45, 7) is 3.04. The largest absolute Gasteiger partial charge is 0.481 e. The monoisotopic (exact) mass is 336 g/mol. The average molecular weight is 336 g/mol. The Balaban J connectivity index is 1.63. The Bertz CT molecular complexity index is 596. The quantitative estimate of drug-likeness (QED) is 0.739. The Kier molecular flexibility index (Phi) is 4.38. The van der Waals surface area contributed by atoms with Gasteiger partial charge in [-0.3, -0.25) is 9.59 Å². The van der Waals surface area contributed by atoms with Crippen LogP contribution in [0.2, 0.25) is 0 Å². The molecule has 7 nitrogen and oxygen atoms in total. The molecule has 0 aromatic rings. The topological polar surface area (TPSA) is 110 Å². The van der Waals surface area contributed by atoms with Gasteiger partial charge in [0.15, 0.2) is 0 Å². The smallest absolute Gasteiger partial charge is 0.335 e. The van der Waals surface area contributed by atoms with Gasteiger partial charge < -0.3 is 20.5 Å². The average Bonchev–Trinajstić information content (AvgIpc) is 2.79. The number of piperidine rings is 1. The molecular formula is C17H24N2O5. The molecule has 24 heavy (non-hydrogen) atoms. The number of nitrogens with zero attached hydrogens (tertiary/aromatic N) is 1. The van der Waals surface area contributed by atoms with Crippen LogP contribution in [0, 0.1) is 5.92 Å². The molecule has 0 aromatic heterocycles. The fraction of sp³-hybridized carbons (Fsp3) is 0.706. The van der Waals surface area contributed by atoms with Crippen LogP contribution in [0.5, 0.6) is 0 Å². The predicted octanol–water partition coefficient (Wildman–Crippen LogP) is 0.823. The van der Waals surface area contributed by atoms with Crippen LogP contribution in [-0.4, -0.2) is 52.6 Å². The number of carboxylic acids is 1. The second-order valence-electron chi connectivity index (χ2n) is 7.13. The standard InChI is InChI=1S/C17H24N2O5/c1-10-13(14(18)20)17(24-16(10)23)6-8-19(9-7-17)12-4-2-11(3-5-12)15(21)22/h11-12H,2-9H2,1H3,(H2,18,20)(H,21,22). The number of rotatable bonds is 3. The molecule has 0 radical (unpaired) electrons. The van der Waals surface area contributed by atoms with Gasteiger partial charge >= 0.3 is 11.9 Å². The van der Waals surface area contributed by atoms with E-state index in [-0.39, 0.29) is 5.92 Å². The van der Waals surface area contributed by atoms with Crippen molar-refractivity contribution in [3.05, 3.63) is 11.1 Å². The van der Waals surface area contributed by atoms with Crippen LogP contribution < -0.4 is 5.73 Å². The Morgan fingerprint density at radius 3 is 2.29 bits per heavy atom. The van der Waals surface area contributed by atoms with Crippen molar-refractivity contribution in [3.63, 3.8) is 0 Å². The van der Waals surface area contributed by atoms with Gasteiger partial charge in [-0.1, -0.05) is 0 Å². The highest BCUT2D eigenvalue weighted by Crippen LogP contribution is 2.42. The summed E-state index contributed by atoms with van der Waals surface area (Å²) >= 11 is 0. The number of primary amides is 1. The van der Waals surface area contributed by atoms with Crippen molar-refractivity contribution in [1.29, 1.82) is 0 Å². The van der Waals surface area contributed by atoms with Gasteiger partial charge in [0, 0.05) is 37.5 Å². The number of hydrogen-bond donors (Lipinski definition) is 2. The number of aliphatic carboxylic acids is 1. The molecule has 1 saturated heterocycles. The van der Waals surface area contributed by atoms with Crippen molar-refractivity contribution < 1.29 is 24.2 Å². The molecule has 3 rings (SSSR count). The van der Waals surface area contributed by atoms with E-state index in [0.717, 1.165) is 25.9 Å². The Hall–Kier alpha value is -1.89. The molecular weight excluding hydrogens is 312 g/mol. The minimum absolute atomic E-state index is 0.222. The molecule has 1 spiro atoms. The summed E-state index contributed by atoms with van der Waals surface area (Å²) in [4.78, 5) is 37.1. The second-order valence-corrected chi connectivity index (χ2v) is 7.13. The maximum Gasteiger partial charge on any atom is 0.335 e. The summed E-state index contributed by atoms with van der Waals surface area (Å²) in [6, 6.07) is 0.372. The van der Waals surface area contributed by atoms with Gasteiger partial charge in [0.05, 0.1) is 11.5 Å². The zero-order valence-corrected chi connectivity index (χ0v) is 13.9. The van der Waals surface area contributed by atoms with Crippen LogP contribution >= 0.6 is 0 Å². The maximum atomic E-state index is 11.9. The van der Waals surface area contributed by atoms with E-state index in [2.05, 4.69) is 4.90 Å². The minimum Gasteiger partial charge on any atom is -0.481 e.